The van der Waals surface area contributed by atoms with Gasteiger partial charge < -0.3 is 21.3 Å². The highest BCUT2D eigenvalue weighted by Crippen LogP contribution is 2.34. The third kappa shape index (κ3) is 4.09. The van der Waals surface area contributed by atoms with Gasteiger partial charge in [0.1, 0.15) is 21.3 Å². The maximum absolute atomic E-state index is 13.4. The lowest BCUT2D eigenvalue weighted by molar-refractivity contribution is 0.0938. The van der Waals surface area contributed by atoms with Crippen LogP contribution in [-0.2, 0) is 12.8 Å². The predicted molar refractivity (Wildman–Crippen MR) is 133 cm³/mol. The van der Waals surface area contributed by atoms with E-state index in [1.54, 1.807) is 0 Å². The molecule has 1 saturated heterocycles. The molecule has 0 saturated carbocycles. The van der Waals surface area contributed by atoms with Crippen molar-refractivity contribution in [3.05, 3.63) is 39.8 Å². The Morgan fingerprint density at radius 3 is 2.82 bits per heavy atom. The van der Waals surface area contributed by atoms with E-state index < -0.39 is 0 Å². The Labute approximate surface area is 202 Å². The summed E-state index contributed by atoms with van der Waals surface area (Å²) in [5.41, 5.74) is 9.77. The van der Waals surface area contributed by atoms with Gasteiger partial charge in [-0.2, -0.15) is 0 Å². The average molecular weight is 484 g/mol. The molecule has 4 N–H and O–H groups in total. The first-order valence-electron chi connectivity index (χ1n) is 11.7. The molecule has 2 aliphatic rings. The predicted octanol–water partition coefficient (Wildman–Crippen LogP) is 2.57. The molecule has 0 aromatic carbocycles. The van der Waals surface area contributed by atoms with Gasteiger partial charge in [0.05, 0.1) is 23.4 Å². The van der Waals surface area contributed by atoms with Crippen LogP contribution in [0.1, 0.15) is 38.9 Å². The number of halogens is 1. The van der Waals surface area contributed by atoms with Crippen LogP contribution in [0.4, 0.5) is 15.9 Å². The van der Waals surface area contributed by atoms with E-state index in [4.69, 9.17) is 10.7 Å². The number of pyridine rings is 1. The van der Waals surface area contributed by atoms with Gasteiger partial charge in [0.25, 0.3) is 5.91 Å². The summed E-state index contributed by atoms with van der Waals surface area (Å²) in [7, 11) is 1.88. The number of aryl methyl sites for hydroxylation is 3. The number of aromatic nitrogens is 3. The molecule has 0 radical (unpaired) electrons. The van der Waals surface area contributed by atoms with Crippen molar-refractivity contribution in [3.8, 4) is 0 Å². The molecule has 180 valence electrons. The summed E-state index contributed by atoms with van der Waals surface area (Å²) in [5.74, 6) is 1.40. The molecule has 0 bridgehead atoms. The molecule has 8 nitrogen and oxygen atoms in total. The van der Waals surface area contributed by atoms with E-state index in [2.05, 4.69) is 31.6 Å². The van der Waals surface area contributed by atoms with Crippen LogP contribution >= 0.6 is 11.3 Å². The molecule has 3 aromatic heterocycles. The number of amides is 1. The first-order valence-corrected chi connectivity index (χ1v) is 12.5. The smallest absolute Gasteiger partial charge is 0.263 e. The number of nitrogens with two attached hydrogens (primary N) is 1. The third-order valence-electron chi connectivity index (χ3n) is 7.01. The van der Waals surface area contributed by atoms with E-state index in [-0.39, 0.29) is 30.6 Å². The fourth-order valence-corrected chi connectivity index (χ4v) is 6.28. The number of fused-ring (bicyclic) bond motifs is 2. The number of carbonyl (C=O) groups is 1. The Kier molecular flexibility index (Phi) is 6.11. The molecular formula is C24H30FN7OS. The van der Waals surface area contributed by atoms with Crippen molar-refractivity contribution < 1.29 is 9.18 Å². The standard InChI is InChI=1S/C24H30FN7OS/c1-12-20-21(26)22(34-24(20)29-13(2)28-12)23(33)30-16-5-6-17-14(8-16)4-7-19(31-17)32-10-15(9-25)18(11-32)27-3/h4,7,15-16,18,27H,5-6,8-11,26H2,1-3H3,(H,30,33). The van der Waals surface area contributed by atoms with Crippen molar-refractivity contribution in [1.82, 2.24) is 25.6 Å². The fraction of sp³-hybridized carbons (Fsp3) is 0.500. The number of thiophene rings is 1. The molecular weight excluding hydrogens is 453 g/mol. The molecule has 1 aliphatic carbocycles. The highest BCUT2D eigenvalue weighted by Gasteiger charge is 2.33. The highest BCUT2D eigenvalue weighted by molar-refractivity contribution is 7.21. The summed E-state index contributed by atoms with van der Waals surface area (Å²) < 4.78 is 13.4. The number of likely N-dealkylation sites (N-methyl/N-ethyl adjacent to an activating group) is 1. The van der Waals surface area contributed by atoms with Crippen LogP contribution in [0.25, 0.3) is 10.2 Å². The molecule has 5 rings (SSSR count). The molecule has 3 atom stereocenters. The van der Waals surface area contributed by atoms with E-state index >= 15 is 0 Å². The van der Waals surface area contributed by atoms with Crippen LogP contribution in [-0.4, -0.2) is 59.8 Å². The zero-order chi connectivity index (χ0) is 24.0. The number of nitrogens with one attached hydrogen (secondary N) is 2. The van der Waals surface area contributed by atoms with Gasteiger partial charge in [-0.1, -0.05) is 6.07 Å². The minimum atomic E-state index is -0.329. The first-order chi connectivity index (χ1) is 16.4. The molecule has 3 unspecified atom stereocenters. The molecule has 0 spiro atoms. The lowest BCUT2D eigenvalue weighted by Crippen LogP contribution is -2.39. The molecule has 34 heavy (non-hydrogen) atoms. The Hall–Kier alpha value is -2.85. The lowest BCUT2D eigenvalue weighted by atomic mass is 9.91. The van der Waals surface area contributed by atoms with Crippen LogP contribution in [0.5, 0.6) is 0 Å². The SMILES string of the molecule is CNC1CN(c2ccc3c(n2)CCC(NC(=O)c2sc4nc(C)nc(C)c4c2N)C3)CC1CF. The Balaban J connectivity index is 1.28. The summed E-state index contributed by atoms with van der Waals surface area (Å²) in [6.45, 7) is 4.83. The van der Waals surface area contributed by atoms with Gasteiger partial charge in [0, 0.05) is 36.8 Å². The van der Waals surface area contributed by atoms with E-state index in [0.29, 0.717) is 22.9 Å². The minimum absolute atomic E-state index is 0.0116. The summed E-state index contributed by atoms with van der Waals surface area (Å²) in [6.07, 6.45) is 2.32. The second-order valence-electron chi connectivity index (χ2n) is 9.28. The number of anilines is 2. The summed E-state index contributed by atoms with van der Waals surface area (Å²) in [5, 5.41) is 7.15. The lowest BCUT2D eigenvalue weighted by Gasteiger charge is -2.26. The quantitative estimate of drug-likeness (QED) is 0.512. The van der Waals surface area contributed by atoms with Crippen LogP contribution in [0, 0.1) is 19.8 Å². The van der Waals surface area contributed by atoms with Gasteiger partial charge in [-0.25, -0.2) is 15.0 Å². The molecule has 1 amide bonds. The van der Waals surface area contributed by atoms with Crippen molar-refractivity contribution in [2.75, 3.05) is 37.4 Å². The summed E-state index contributed by atoms with van der Waals surface area (Å²) in [4.78, 5) is 30.2. The number of alkyl halides is 1. The van der Waals surface area contributed by atoms with Crippen molar-refractivity contribution in [2.24, 2.45) is 5.92 Å². The number of rotatable bonds is 5. The van der Waals surface area contributed by atoms with Gasteiger partial charge in [0.2, 0.25) is 0 Å². The third-order valence-corrected chi connectivity index (χ3v) is 8.10. The molecule has 4 heterocycles. The molecule has 10 heteroatoms. The normalized spacial score (nSPS) is 22.2. The second kappa shape index (κ2) is 9.07. The average Bonchev–Trinajstić information content (AvgIpc) is 3.39. The van der Waals surface area contributed by atoms with Crippen LogP contribution in [0.15, 0.2) is 12.1 Å². The van der Waals surface area contributed by atoms with Gasteiger partial charge in [-0.15, -0.1) is 11.3 Å². The van der Waals surface area contributed by atoms with Crippen molar-refractivity contribution in [3.63, 3.8) is 0 Å². The number of nitrogen functional groups attached to an aromatic ring is 1. The molecule has 1 fully saturated rings. The Morgan fingerprint density at radius 2 is 2.09 bits per heavy atom. The zero-order valence-electron chi connectivity index (χ0n) is 19.7. The monoisotopic (exact) mass is 483 g/mol. The minimum Gasteiger partial charge on any atom is -0.397 e. The number of nitrogens with zero attached hydrogens (tertiary/aromatic N) is 4. The fourth-order valence-electron chi connectivity index (χ4n) is 5.19. The van der Waals surface area contributed by atoms with Gasteiger partial charge in [-0.05, 0) is 51.8 Å². The van der Waals surface area contributed by atoms with E-state index in [9.17, 15) is 9.18 Å². The van der Waals surface area contributed by atoms with Gasteiger partial charge in [-0.3, -0.25) is 9.18 Å². The van der Waals surface area contributed by atoms with E-state index in [1.807, 2.05) is 27.0 Å². The van der Waals surface area contributed by atoms with Crippen molar-refractivity contribution in [1.29, 1.82) is 0 Å². The van der Waals surface area contributed by atoms with Gasteiger partial charge >= 0.3 is 0 Å². The number of carbonyl (C=O) groups excluding carboxylic acids is 1. The van der Waals surface area contributed by atoms with Gasteiger partial charge in [0.15, 0.2) is 0 Å². The van der Waals surface area contributed by atoms with Crippen molar-refractivity contribution in [2.45, 2.75) is 45.2 Å². The summed E-state index contributed by atoms with van der Waals surface area (Å²) >= 11 is 1.32. The first kappa shape index (κ1) is 22.9. The number of hydrogen-bond acceptors (Lipinski definition) is 8. The maximum atomic E-state index is 13.4. The Morgan fingerprint density at radius 1 is 1.26 bits per heavy atom. The zero-order valence-corrected chi connectivity index (χ0v) is 20.5. The highest BCUT2D eigenvalue weighted by atomic mass is 32.1. The Bertz CT molecular complexity index is 1230. The van der Waals surface area contributed by atoms with E-state index in [1.165, 1.54) is 11.3 Å². The van der Waals surface area contributed by atoms with Crippen LogP contribution < -0.4 is 21.3 Å². The van der Waals surface area contributed by atoms with Crippen LogP contribution in [0.3, 0.4) is 0 Å². The second-order valence-corrected chi connectivity index (χ2v) is 10.3. The van der Waals surface area contributed by atoms with Crippen LogP contribution in [0.2, 0.25) is 0 Å². The topological polar surface area (TPSA) is 109 Å². The van der Waals surface area contributed by atoms with E-state index in [0.717, 1.165) is 58.8 Å². The number of hydrogen-bond donors (Lipinski definition) is 3. The summed E-state index contributed by atoms with van der Waals surface area (Å²) in [6, 6.07) is 4.28. The largest absolute Gasteiger partial charge is 0.397 e. The molecule has 1 aliphatic heterocycles. The molecule has 3 aromatic rings. The van der Waals surface area contributed by atoms with Crippen molar-refractivity contribution >= 4 is 39.0 Å². The maximum Gasteiger partial charge on any atom is 0.263 e.